The molecule has 3 heterocycles. The summed E-state index contributed by atoms with van der Waals surface area (Å²) in [5.74, 6) is 2.14. The molecule has 290 valence electrons. The van der Waals surface area contributed by atoms with Crippen LogP contribution in [0.5, 0.6) is 5.75 Å². The summed E-state index contributed by atoms with van der Waals surface area (Å²) >= 11 is 0. The van der Waals surface area contributed by atoms with Crippen LogP contribution < -0.4 is 4.74 Å². The molecule has 5 aromatic carbocycles. The summed E-state index contributed by atoms with van der Waals surface area (Å²) in [5.41, 5.74) is 15.4. The molecule has 1 aliphatic carbocycles. The third-order valence-electron chi connectivity index (χ3n) is 12.2. The minimum atomic E-state index is 0.245. The smallest absolute Gasteiger partial charge is 0.119 e. The molecule has 0 spiro atoms. The average Bonchev–Trinajstić information content (AvgIpc) is 3.77. The van der Waals surface area contributed by atoms with Gasteiger partial charge in [0, 0.05) is 34.0 Å². The molecule has 0 radical (unpaired) electrons. The van der Waals surface area contributed by atoms with Crippen molar-refractivity contribution < 1.29 is 9.47 Å². The Kier molecular flexibility index (Phi) is 9.48. The van der Waals surface area contributed by atoms with E-state index in [4.69, 9.17) is 14.9 Å². The van der Waals surface area contributed by atoms with Crippen molar-refractivity contribution >= 4 is 61.1 Å². The molecular weight excluding hydrogens is 725 g/mol. The van der Waals surface area contributed by atoms with Gasteiger partial charge in [-0.2, -0.15) is 0 Å². The quantitative estimate of drug-likeness (QED) is 0.0855. The van der Waals surface area contributed by atoms with Crippen LogP contribution in [0, 0.1) is 5.41 Å². The number of fused-ring (bicyclic) bond motifs is 9. The first-order chi connectivity index (χ1) is 28.8. The van der Waals surface area contributed by atoms with Crippen molar-refractivity contribution in [2.75, 3.05) is 14.2 Å². The number of allylic oxidation sites excluding steroid dienone is 8. The second-order valence-corrected chi connectivity index (χ2v) is 15.4. The third-order valence-corrected chi connectivity index (χ3v) is 12.2. The van der Waals surface area contributed by atoms with Crippen LogP contribution in [0.25, 0.3) is 82.8 Å². The van der Waals surface area contributed by atoms with E-state index in [1.54, 1.807) is 20.3 Å². The van der Waals surface area contributed by atoms with Crippen molar-refractivity contribution in [1.29, 1.82) is 5.41 Å². The zero-order valence-electron chi connectivity index (χ0n) is 34.1. The first-order valence-corrected chi connectivity index (χ1v) is 20.0. The molecule has 0 aliphatic heterocycles. The predicted octanol–water partition coefficient (Wildman–Crippen LogP) is 13.6. The minimum Gasteiger partial charge on any atom is -0.501 e. The van der Waals surface area contributed by atoms with E-state index in [1.165, 1.54) is 39.2 Å². The largest absolute Gasteiger partial charge is 0.501 e. The number of hydrogen-bond donors (Lipinski definition) is 1. The molecule has 1 aliphatic rings. The summed E-state index contributed by atoms with van der Waals surface area (Å²) in [6.07, 6.45) is 14.7. The zero-order chi connectivity index (χ0) is 40.9. The Hall–Kier alpha value is -7.18. The molecule has 59 heavy (non-hydrogen) atoms. The van der Waals surface area contributed by atoms with E-state index in [9.17, 15) is 0 Å². The molecular formula is C53H46N4O2. The van der Waals surface area contributed by atoms with Crippen LogP contribution in [-0.2, 0) is 4.74 Å². The Labute approximate surface area is 344 Å². The van der Waals surface area contributed by atoms with Crippen LogP contribution in [0.4, 0.5) is 0 Å². The summed E-state index contributed by atoms with van der Waals surface area (Å²) in [5, 5.41) is 13.2. The van der Waals surface area contributed by atoms with E-state index < -0.39 is 0 Å². The number of pyridine rings is 1. The molecule has 0 saturated heterocycles. The molecule has 2 unspecified atom stereocenters. The first kappa shape index (κ1) is 37.4. The van der Waals surface area contributed by atoms with E-state index in [1.807, 2.05) is 61.8 Å². The lowest BCUT2D eigenvalue weighted by Gasteiger charge is -2.32. The van der Waals surface area contributed by atoms with Gasteiger partial charge in [0.15, 0.2) is 0 Å². The lowest BCUT2D eigenvalue weighted by molar-refractivity contribution is 0.294. The van der Waals surface area contributed by atoms with Gasteiger partial charge in [0.05, 0.1) is 59.6 Å². The van der Waals surface area contributed by atoms with Crippen LogP contribution in [0.1, 0.15) is 49.3 Å². The molecule has 0 amide bonds. The summed E-state index contributed by atoms with van der Waals surface area (Å²) in [4.78, 5) is 4.55. The number of methoxy groups -OCH3 is 2. The summed E-state index contributed by atoms with van der Waals surface area (Å²) < 4.78 is 15.7. The Morgan fingerprint density at radius 1 is 0.712 bits per heavy atom. The maximum atomic E-state index is 8.54. The molecule has 0 fully saturated rings. The van der Waals surface area contributed by atoms with Gasteiger partial charge in [0.25, 0.3) is 0 Å². The van der Waals surface area contributed by atoms with Crippen molar-refractivity contribution in [3.63, 3.8) is 0 Å². The third kappa shape index (κ3) is 6.11. The molecule has 0 bridgehead atoms. The van der Waals surface area contributed by atoms with Crippen molar-refractivity contribution in [1.82, 2.24) is 14.1 Å². The van der Waals surface area contributed by atoms with E-state index in [2.05, 4.69) is 120 Å². The lowest BCUT2D eigenvalue weighted by Crippen LogP contribution is -2.13. The van der Waals surface area contributed by atoms with Crippen molar-refractivity contribution in [2.24, 2.45) is 0 Å². The van der Waals surface area contributed by atoms with Crippen LogP contribution >= 0.6 is 0 Å². The number of rotatable bonds is 10. The van der Waals surface area contributed by atoms with Gasteiger partial charge >= 0.3 is 0 Å². The Morgan fingerprint density at radius 3 is 2.07 bits per heavy atom. The van der Waals surface area contributed by atoms with E-state index >= 15 is 0 Å². The van der Waals surface area contributed by atoms with Crippen molar-refractivity contribution in [3.8, 4) is 33.7 Å². The van der Waals surface area contributed by atoms with Crippen LogP contribution in [0.3, 0.4) is 0 Å². The van der Waals surface area contributed by atoms with Crippen molar-refractivity contribution in [2.45, 2.75) is 32.6 Å². The van der Waals surface area contributed by atoms with E-state index in [0.29, 0.717) is 0 Å². The number of ether oxygens (including phenoxy) is 2. The van der Waals surface area contributed by atoms with Gasteiger partial charge in [-0.1, -0.05) is 69.5 Å². The van der Waals surface area contributed by atoms with Gasteiger partial charge < -0.3 is 24.0 Å². The fraction of sp³-hybridized carbons (Fsp3) is 0.132. The minimum absolute atomic E-state index is 0.245. The first-order valence-electron chi connectivity index (χ1n) is 20.0. The molecule has 1 N–H and O–H groups in total. The Bertz CT molecular complexity index is 3120. The number of nitrogens with zero attached hydrogens (tertiary/aromatic N) is 3. The lowest BCUT2D eigenvalue weighted by atomic mass is 9.72. The van der Waals surface area contributed by atoms with Crippen LogP contribution in [-0.4, -0.2) is 34.6 Å². The summed E-state index contributed by atoms with van der Waals surface area (Å²) in [6.45, 7) is 14.7. The molecule has 2 atom stereocenters. The molecule has 0 saturated carbocycles. The molecule has 6 heteroatoms. The molecule has 3 aromatic heterocycles. The van der Waals surface area contributed by atoms with Gasteiger partial charge in [-0.15, -0.1) is 0 Å². The van der Waals surface area contributed by atoms with Gasteiger partial charge in [-0.25, -0.2) is 0 Å². The van der Waals surface area contributed by atoms with Gasteiger partial charge in [-0.05, 0) is 148 Å². The number of benzene rings is 5. The topological polar surface area (TPSA) is 65.1 Å². The number of aromatic nitrogens is 3. The summed E-state index contributed by atoms with van der Waals surface area (Å²) in [7, 11) is 3.39. The molecule has 8 aromatic rings. The fourth-order valence-electron chi connectivity index (χ4n) is 9.07. The highest BCUT2D eigenvalue weighted by atomic mass is 16.5. The van der Waals surface area contributed by atoms with Gasteiger partial charge in [-0.3, -0.25) is 4.98 Å². The number of nitrogens with one attached hydrogen (secondary N) is 1. The van der Waals surface area contributed by atoms with Crippen molar-refractivity contribution in [3.05, 3.63) is 175 Å². The zero-order valence-corrected chi connectivity index (χ0v) is 34.1. The van der Waals surface area contributed by atoms with E-state index in [-0.39, 0.29) is 11.8 Å². The average molecular weight is 771 g/mol. The Morgan fingerprint density at radius 2 is 1.39 bits per heavy atom. The normalized spacial score (nSPS) is 15.7. The van der Waals surface area contributed by atoms with Crippen LogP contribution in [0.15, 0.2) is 159 Å². The highest BCUT2D eigenvalue weighted by Crippen LogP contribution is 2.51. The van der Waals surface area contributed by atoms with E-state index in [0.717, 1.165) is 78.0 Å². The van der Waals surface area contributed by atoms with Crippen LogP contribution in [0.2, 0.25) is 0 Å². The van der Waals surface area contributed by atoms with Gasteiger partial charge in [0.1, 0.15) is 5.75 Å². The molecule has 9 rings (SSSR count). The fourth-order valence-corrected chi connectivity index (χ4v) is 9.07. The number of hydrogen-bond acceptors (Lipinski definition) is 4. The monoisotopic (exact) mass is 770 g/mol. The maximum Gasteiger partial charge on any atom is 0.119 e. The standard InChI is InChI=1S/C53H46N4O2/c1-8-12-35(22-32(3)58-6)37-17-19-50-46(24-37)48-26-42-33(4)34(5)43-27-49-47-25-38(36-14-10-16-41(23-36)59-7)18-20-51(47)57(40-15-11-21-55-31-40)53(49)29-45(43)44(42)28-52(48)56(50)39(30-54)13-9-2/h8-31,33-34,54H,1-2H2,3-7H3/b32-22+,35-12+,39-13+,54-30?. The predicted molar refractivity (Wildman–Crippen MR) is 248 cm³/mol. The summed E-state index contributed by atoms with van der Waals surface area (Å²) in [6, 6.07) is 35.3. The highest BCUT2D eigenvalue weighted by Gasteiger charge is 2.31. The SMILES string of the molecule is C=C/C=C(\C=C(/C)OC)c1ccc2c(c1)c1cc3c(cc1n2/C(C=N)=C/C=C)-c1cc2c(cc1C(C)C3C)c1cc(-c3cccc(OC)c3)ccc1n2-c1cccnc1. The maximum absolute atomic E-state index is 8.54. The second-order valence-electron chi connectivity index (χ2n) is 15.4. The second kappa shape index (κ2) is 15.0. The Balaban J connectivity index is 1.34. The van der Waals surface area contributed by atoms with Gasteiger partial charge in [0.2, 0.25) is 0 Å². The highest BCUT2D eigenvalue weighted by molar-refractivity contribution is 6.17. The molecule has 6 nitrogen and oxygen atoms in total.